The lowest BCUT2D eigenvalue weighted by molar-refractivity contribution is 0.373. The van der Waals surface area contributed by atoms with Crippen molar-refractivity contribution in [2.45, 2.75) is 13.0 Å². The minimum Gasteiger partial charge on any atom is -0.504 e. The van der Waals surface area contributed by atoms with Crippen LogP contribution in [-0.4, -0.2) is 19.3 Å². The van der Waals surface area contributed by atoms with Gasteiger partial charge in [0, 0.05) is 17.8 Å². The molecular formula is C16H18FNO3. The van der Waals surface area contributed by atoms with Gasteiger partial charge in [0.05, 0.1) is 14.2 Å². The second-order valence-corrected chi connectivity index (χ2v) is 4.65. The van der Waals surface area contributed by atoms with Crippen molar-refractivity contribution in [2.75, 3.05) is 19.5 Å². The van der Waals surface area contributed by atoms with Gasteiger partial charge in [0.1, 0.15) is 0 Å². The number of aromatic hydroxyl groups is 1. The fourth-order valence-corrected chi connectivity index (χ4v) is 2.06. The molecule has 0 bridgehead atoms. The third-order valence-electron chi connectivity index (χ3n) is 3.24. The minimum absolute atomic E-state index is 0.0615. The number of hydrogen-bond acceptors (Lipinski definition) is 4. The normalized spacial score (nSPS) is 11.8. The van der Waals surface area contributed by atoms with Gasteiger partial charge in [0.15, 0.2) is 23.1 Å². The van der Waals surface area contributed by atoms with Crippen LogP contribution in [0.1, 0.15) is 18.5 Å². The summed E-state index contributed by atoms with van der Waals surface area (Å²) in [6.07, 6.45) is 0. The SMILES string of the molecule is COc1ccc(NC(C)c2ccc(F)c(OC)c2)cc1O. The third kappa shape index (κ3) is 3.37. The Morgan fingerprint density at radius 1 is 1.05 bits per heavy atom. The molecule has 5 heteroatoms. The van der Waals surface area contributed by atoms with Crippen molar-refractivity contribution in [3.05, 3.63) is 47.8 Å². The quantitative estimate of drug-likeness (QED) is 0.881. The third-order valence-corrected chi connectivity index (χ3v) is 3.24. The van der Waals surface area contributed by atoms with Gasteiger partial charge in [-0.1, -0.05) is 6.07 Å². The molecule has 2 aromatic carbocycles. The number of benzene rings is 2. The number of halogens is 1. The van der Waals surface area contributed by atoms with Gasteiger partial charge in [0.2, 0.25) is 0 Å². The van der Waals surface area contributed by atoms with Crippen molar-refractivity contribution in [1.29, 1.82) is 0 Å². The van der Waals surface area contributed by atoms with Crippen molar-refractivity contribution in [1.82, 2.24) is 0 Å². The van der Waals surface area contributed by atoms with Crippen LogP contribution in [0.15, 0.2) is 36.4 Å². The number of hydrogen-bond donors (Lipinski definition) is 2. The molecule has 1 atom stereocenters. The van der Waals surface area contributed by atoms with Crippen LogP contribution in [-0.2, 0) is 0 Å². The molecule has 4 nitrogen and oxygen atoms in total. The van der Waals surface area contributed by atoms with Gasteiger partial charge >= 0.3 is 0 Å². The highest BCUT2D eigenvalue weighted by Gasteiger charge is 2.11. The molecule has 0 saturated heterocycles. The molecule has 112 valence electrons. The highest BCUT2D eigenvalue weighted by Crippen LogP contribution is 2.31. The second kappa shape index (κ2) is 6.35. The van der Waals surface area contributed by atoms with Gasteiger partial charge in [0.25, 0.3) is 0 Å². The molecule has 0 aromatic heterocycles. The molecule has 0 heterocycles. The van der Waals surface area contributed by atoms with E-state index in [0.29, 0.717) is 5.75 Å². The minimum atomic E-state index is -0.393. The lowest BCUT2D eigenvalue weighted by Gasteiger charge is -2.17. The zero-order chi connectivity index (χ0) is 15.4. The average Bonchev–Trinajstić information content (AvgIpc) is 2.48. The summed E-state index contributed by atoms with van der Waals surface area (Å²) < 4.78 is 23.4. The maximum absolute atomic E-state index is 13.4. The molecule has 0 spiro atoms. The Bertz CT molecular complexity index is 631. The summed E-state index contributed by atoms with van der Waals surface area (Å²) >= 11 is 0. The zero-order valence-corrected chi connectivity index (χ0v) is 12.2. The molecule has 2 rings (SSSR count). The molecule has 21 heavy (non-hydrogen) atoms. The molecule has 0 aliphatic carbocycles. The van der Waals surface area contributed by atoms with Gasteiger partial charge < -0.3 is 19.9 Å². The zero-order valence-electron chi connectivity index (χ0n) is 12.2. The van der Waals surface area contributed by atoms with Crippen LogP contribution < -0.4 is 14.8 Å². The van der Waals surface area contributed by atoms with E-state index in [1.807, 2.05) is 6.92 Å². The first-order valence-electron chi connectivity index (χ1n) is 6.52. The average molecular weight is 291 g/mol. The molecule has 0 radical (unpaired) electrons. The standard InChI is InChI=1S/C16H18FNO3/c1-10(11-4-6-13(17)16(8-11)21-3)18-12-5-7-15(20-2)14(19)9-12/h4-10,18-19H,1-3H3. The summed E-state index contributed by atoms with van der Waals surface area (Å²) in [5.74, 6) is 0.289. The molecule has 0 aliphatic heterocycles. The van der Waals surface area contributed by atoms with E-state index in [4.69, 9.17) is 9.47 Å². The van der Waals surface area contributed by atoms with E-state index in [0.717, 1.165) is 11.3 Å². The lowest BCUT2D eigenvalue weighted by atomic mass is 10.1. The summed E-state index contributed by atoms with van der Waals surface area (Å²) in [4.78, 5) is 0. The molecule has 0 fully saturated rings. The van der Waals surface area contributed by atoms with E-state index in [-0.39, 0.29) is 17.5 Å². The van der Waals surface area contributed by atoms with Crippen molar-refractivity contribution in [3.63, 3.8) is 0 Å². The van der Waals surface area contributed by atoms with Gasteiger partial charge in [-0.3, -0.25) is 0 Å². The number of phenolic OH excluding ortho intramolecular Hbond substituents is 1. The topological polar surface area (TPSA) is 50.7 Å². The Hall–Kier alpha value is -2.43. The number of methoxy groups -OCH3 is 2. The van der Waals surface area contributed by atoms with E-state index in [2.05, 4.69) is 5.32 Å². The van der Waals surface area contributed by atoms with Crippen LogP contribution >= 0.6 is 0 Å². The Balaban J connectivity index is 2.17. The van der Waals surface area contributed by atoms with Crippen molar-refractivity contribution >= 4 is 5.69 Å². The van der Waals surface area contributed by atoms with E-state index in [1.54, 1.807) is 30.3 Å². The predicted octanol–water partition coefficient (Wildman–Crippen LogP) is 3.72. The Morgan fingerprint density at radius 2 is 1.76 bits per heavy atom. The van der Waals surface area contributed by atoms with Gasteiger partial charge in [-0.25, -0.2) is 4.39 Å². The monoisotopic (exact) mass is 291 g/mol. The van der Waals surface area contributed by atoms with Crippen LogP contribution in [0.3, 0.4) is 0 Å². The molecule has 2 N–H and O–H groups in total. The van der Waals surface area contributed by atoms with Crippen molar-refractivity contribution in [3.8, 4) is 17.2 Å². The first-order valence-corrected chi connectivity index (χ1v) is 6.52. The number of nitrogens with one attached hydrogen (secondary N) is 1. The van der Waals surface area contributed by atoms with Crippen molar-refractivity contribution in [2.24, 2.45) is 0 Å². The molecule has 0 saturated carbocycles. The number of rotatable bonds is 5. The first-order chi connectivity index (χ1) is 10.0. The molecule has 1 unspecified atom stereocenters. The van der Waals surface area contributed by atoms with E-state index in [1.165, 1.54) is 20.3 Å². The fraction of sp³-hybridized carbons (Fsp3) is 0.250. The van der Waals surface area contributed by atoms with Crippen LogP contribution in [0, 0.1) is 5.82 Å². The number of phenols is 1. The molecule has 0 aliphatic rings. The lowest BCUT2D eigenvalue weighted by Crippen LogP contribution is -2.07. The number of anilines is 1. The van der Waals surface area contributed by atoms with Crippen molar-refractivity contribution < 1.29 is 19.0 Å². The Kier molecular flexibility index (Phi) is 4.52. The van der Waals surface area contributed by atoms with Crippen LogP contribution in [0.2, 0.25) is 0 Å². The molecular weight excluding hydrogens is 273 g/mol. The Labute approximate surface area is 123 Å². The summed E-state index contributed by atoms with van der Waals surface area (Å²) in [5.41, 5.74) is 1.62. The largest absolute Gasteiger partial charge is 0.504 e. The Morgan fingerprint density at radius 3 is 2.38 bits per heavy atom. The maximum Gasteiger partial charge on any atom is 0.165 e. The maximum atomic E-state index is 13.4. The summed E-state index contributed by atoms with van der Waals surface area (Å²) in [7, 11) is 2.93. The van der Waals surface area contributed by atoms with E-state index >= 15 is 0 Å². The summed E-state index contributed by atoms with van der Waals surface area (Å²) in [5, 5.41) is 13.0. The smallest absolute Gasteiger partial charge is 0.165 e. The van der Waals surface area contributed by atoms with Gasteiger partial charge in [-0.05, 0) is 36.8 Å². The highest BCUT2D eigenvalue weighted by molar-refractivity contribution is 5.55. The summed E-state index contributed by atoms with van der Waals surface area (Å²) in [6, 6.07) is 9.70. The highest BCUT2D eigenvalue weighted by atomic mass is 19.1. The predicted molar refractivity (Wildman–Crippen MR) is 79.6 cm³/mol. The molecule has 2 aromatic rings. The van der Waals surface area contributed by atoms with Gasteiger partial charge in [-0.2, -0.15) is 0 Å². The van der Waals surface area contributed by atoms with Crippen LogP contribution in [0.4, 0.5) is 10.1 Å². The fourth-order valence-electron chi connectivity index (χ4n) is 2.06. The number of ether oxygens (including phenoxy) is 2. The van der Waals surface area contributed by atoms with E-state index in [9.17, 15) is 9.50 Å². The summed E-state index contributed by atoms with van der Waals surface area (Å²) in [6.45, 7) is 1.94. The molecule has 0 amide bonds. The van der Waals surface area contributed by atoms with Crippen LogP contribution in [0.25, 0.3) is 0 Å². The van der Waals surface area contributed by atoms with Crippen LogP contribution in [0.5, 0.6) is 17.2 Å². The second-order valence-electron chi connectivity index (χ2n) is 4.65. The first kappa shape index (κ1) is 15.0. The van der Waals surface area contributed by atoms with E-state index < -0.39 is 5.82 Å². The van der Waals surface area contributed by atoms with Gasteiger partial charge in [-0.15, -0.1) is 0 Å².